The maximum atomic E-state index is 2.61. The lowest BCUT2D eigenvalue weighted by Gasteiger charge is -2.21. The second kappa shape index (κ2) is 11.3. The minimum atomic E-state index is 0.437. The Hall–Kier alpha value is -6.84. The van der Waals surface area contributed by atoms with E-state index in [1.807, 2.05) is 0 Å². The summed E-state index contributed by atoms with van der Waals surface area (Å²) in [7, 11) is 0. The van der Waals surface area contributed by atoms with E-state index in [4.69, 9.17) is 0 Å². The van der Waals surface area contributed by atoms with Crippen LogP contribution in [-0.4, -0.2) is 15.2 Å². The predicted molar refractivity (Wildman–Crippen MR) is 226 cm³/mol. The molecule has 0 atom stereocenters. The van der Waals surface area contributed by atoms with Crippen LogP contribution >= 0.6 is 0 Å². The van der Waals surface area contributed by atoms with E-state index >= 15 is 0 Å². The molecular weight excluding hydrogens is 655 g/mol. The average Bonchev–Trinajstić information content (AvgIpc) is 3.97. The molecule has 54 heavy (non-hydrogen) atoms. The van der Waals surface area contributed by atoms with E-state index in [0.29, 0.717) is 6.04 Å². The molecule has 0 amide bonds. The van der Waals surface area contributed by atoms with Crippen LogP contribution in [0.25, 0.3) is 77.2 Å². The van der Waals surface area contributed by atoms with E-state index in [2.05, 4.69) is 196 Å². The van der Waals surface area contributed by atoms with Gasteiger partial charge in [0.25, 0.3) is 0 Å². The number of nitrogens with zero attached hydrogens (tertiary/aromatic N) is 3. The molecule has 0 N–H and O–H groups in total. The highest BCUT2D eigenvalue weighted by Gasteiger charge is 2.37. The zero-order valence-corrected chi connectivity index (χ0v) is 29.7. The van der Waals surface area contributed by atoms with Crippen LogP contribution in [0.2, 0.25) is 0 Å². The third-order valence-corrected chi connectivity index (χ3v) is 12.0. The lowest BCUT2D eigenvalue weighted by molar-refractivity contribution is 0.725. The molecule has 2 aliphatic heterocycles. The average molecular weight is 690 g/mol. The van der Waals surface area contributed by atoms with Crippen molar-refractivity contribution in [1.82, 2.24) is 9.13 Å². The van der Waals surface area contributed by atoms with Gasteiger partial charge in [-0.25, -0.2) is 0 Å². The number of para-hydroxylation sites is 4. The highest BCUT2D eigenvalue weighted by Crippen LogP contribution is 2.49. The van der Waals surface area contributed by atoms with Gasteiger partial charge in [0, 0.05) is 50.3 Å². The summed E-state index contributed by atoms with van der Waals surface area (Å²) in [6.45, 7) is 0. The summed E-state index contributed by atoms with van der Waals surface area (Å²) in [5, 5.41) is 5.21. The van der Waals surface area contributed by atoms with E-state index in [0.717, 1.165) is 12.8 Å². The second-order valence-corrected chi connectivity index (χ2v) is 14.9. The first-order chi connectivity index (χ1) is 26.8. The van der Waals surface area contributed by atoms with Gasteiger partial charge in [0.1, 0.15) is 0 Å². The predicted octanol–water partition coefficient (Wildman–Crippen LogP) is 12.8. The topological polar surface area (TPSA) is 13.1 Å². The minimum absolute atomic E-state index is 0.437. The summed E-state index contributed by atoms with van der Waals surface area (Å²) >= 11 is 0. The Balaban J connectivity index is 0.942. The molecule has 0 radical (unpaired) electrons. The summed E-state index contributed by atoms with van der Waals surface area (Å²) < 4.78 is 4.81. The molecule has 3 nitrogen and oxygen atoms in total. The molecule has 0 unspecified atom stereocenters. The normalized spacial score (nSPS) is 13.7. The van der Waals surface area contributed by atoms with E-state index in [9.17, 15) is 0 Å². The summed E-state index contributed by atoms with van der Waals surface area (Å²) in [5.74, 6) is 0. The van der Waals surface area contributed by atoms with Crippen molar-refractivity contribution in [2.24, 2.45) is 0 Å². The molecule has 0 spiro atoms. The van der Waals surface area contributed by atoms with Crippen LogP contribution in [0, 0.1) is 0 Å². The van der Waals surface area contributed by atoms with E-state index in [1.54, 1.807) is 0 Å². The molecule has 0 fully saturated rings. The Morgan fingerprint density at radius 3 is 1.28 bits per heavy atom. The van der Waals surface area contributed by atoms with Gasteiger partial charge in [-0.3, -0.25) is 0 Å². The first-order valence-corrected chi connectivity index (χ1v) is 19.0. The number of fused-ring (bicyclic) bond motifs is 11. The molecule has 0 saturated carbocycles. The van der Waals surface area contributed by atoms with Crippen LogP contribution in [0.4, 0.5) is 11.4 Å². The van der Waals surface area contributed by atoms with Crippen molar-refractivity contribution in [3.8, 4) is 33.6 Å². The zero-order valence-electron chi connectivity index (χ0n) is 29.7. The minimum Gasteiger partial charge on any atom is -0.337 e. The number of anilines is 2. The fourth-order valence-electron chi connectivity index (χ4n) is 9.82. The quantitative estimate of drug-likeness (QED) is 0.179. The Morgan fingerprint density at radius 2 is 0.796 bits per heavy atom. The molecule has 2 aliphatic rings. The Bertz CT molecular complexity index is 2900. The van der Waals surface area contributed by atoms with Crippen LogP contribution in [0.1, 0.15) is 11.1 Å². The Kier molecular flexibility index (Phi) is 6.23. The van der Waals surface area contributed by atoms with Crippen LogP contribution in [0.3, 0.4) is 0 Å². The molecule has 254 valence electrons. The fourth-order valence-corrected chi connectivity index (χ4v) is 9.82. The fraction of sp³-hybridized carbons (Fsp3) is 0.0588. The lowest BCUT2D eigenvalue weighted by Crippen LogP contribution is -2.22. The van der Waals surface area contributed by atoms with Gasteiger partial charge in [0.2, 0.25) is 0 Å². The van der Waals surface area contributed by atoms with Gasteiger partial charge in [0.05, 0.1) is 22.1 Å². The van der Waals surface area contributed by atoms with Crippen molar-refractivity contribution >= 4 is 55.0 Å². The second-order valence-electron chi connectivity index (χ2n) is 14.9. The number of hydrogen-bond donors (Lipinski definition) is 0. The Labute approximate surface area is 313 Å². The lowest BCUT2D eigenvalue weighted by atomic mass is 9.94. The van der Waals surface area contributed by atoms with Crippen molar-refractivity contribution in [1.29, 1.82) is 0 Å². The van der Waals surface area contributed by atoms with Gasteiger partial charge >= 0.3 is 0 Å². The molecular formula is C51H35N3. The van der Waals surface area contributed by atoms with Gasteiger partial charge in [-0.1, -0.05) is 109 Å². The van der Waals surface area contributed by atoms with Crippen molar-refractivity contribution < 1.29 is 0 Å². The number of benzene rings is 8. The molecule has 3 heteroatoms. The third-order valence-electron chi connectivity index (χ3n) is 12.0. The molecule has 8 aromatic carbocycles. The van der Waals surface area contributed by atoms with Crippen molar-refractivity contribution in [2.75, 3.05) is 4.90 Å². The van der Waals surface area contributed by atoms with Crippen LogP contribution in [0.15, 0.2) is 182 Å². The van der Waals surface area contributed by atoms with Crippen molar-refractivity contribution in [3.05, 3.63) is 193 Å². The summed E-state index contributed by atoms with van der Waals surface area (Å²) in [5.41, 5.74) is 18.1. The number of rotatable bonds is 4. The smallest absolute Gasteiger partial charge is 0.0547 e. The zero-order chi connectivity index (χ0) is 35.3. The van der Waals surface area contributed by atoms with Crippen LogP contribution in [-0.2, 0) is 12.8 Å². The van der Waals surface area contributed by atoms with Crippen molar-refractivity contribution in [2.45, 2.75) is 18.9 Å². The molecule has 12 rings (SSSR count). The van der Waals surface area contributed by atoms with Crippen LogP contribution < -0.4 is 4.90 Å². The maximum absolute atomic E-state index is 2.61. The highest BCUT2D eigenvalue weighted by atomic mass is 15.2. The van der Waals surface area contributed by atoms with Gasteiger partial charge in [-0.15, -0.1) is 0 Å². The molecule has 0 aliphatic carbocycles. The summed E-state index contributed by atoms with van der Waals surface area (Å²) in [6.07, 6.45) is 2.10. The number of aromatic nitrogens is 2. The molecule has 0 bridgehead atoms. The first kappa shape index (κ1) is 29.7. The van der Waals surface area contributed by atoms with Crippen LogP contribution in [0.5, 0.6) is 0 Å². The van der Waals surface area contributed by atoms with Gasteiger partial charge in [-0.2, -0.15) is 0 Å². The Morgan fingerprint density at radius 1 is 0.370 bits per heavy atom. The number of hydrogen-bond acceptors (Lipinski definition) is 1. The SMILES string of the molecule is c1ccc(-n2c3ccccc3c3c(-c4ccc5c(c4)CC4Cc6cc(-c7cccc8c7c7ccccc7n8-c7ccccc7)ccc6N54)cccc32)cc1. The summed E-state index contributed by atoms with van der Waals surface area (Å²) in [4.78, 5) is 2.61. The monoisotopic (exact) mass is 689 g/mol. The van der Waals surface area contributed by atoms with Gasteiger partial charge < -0.3 is 14.0 Å². The van der Waals surface area contributed by atoms with E-state index in [1.165, 1.54) is 99.7 Å². The third kappa shape index (κ3) is 4.18. The van der Waals surface area contributed by atoms with Gasteiger partial charge in [-0.05, 0) is 119 Å². The van der Waals surface area contributed by atoms with Crippen molar-refractivity contribution in [3.63, 3.8) is 0 Å². The standard InChI is InChI=1S/C51H35N3/c1-3-13-37(14-4-1)52-46-21-9-7-17-42(46)50-40(19-11-23-48(50)52)33-25-27-44-35(29-33)31-39-32-36-30-34(26-28-45(36)54(39)44)41-20-12-24-49-51(41)43-18-8-10-22-47(43)53(49)38-15-5-2-6-16-38/h1-30,39H,31-32H2. The maximum Gasteiger partial charge on any atom is 0.0547 e. The van der Waals surface area contributed by atoms with Gasteiger partial charge in [0.15, 0.2) is 0 Å². The first-order valence-electron chi connectivity index (χ1n) is 19.0. The molecule has 4 heterocycles. The molecule has 0 saturated heterocycles. The van der Waals surface area contributed by atoms with E-state index < -0.39 is 0 Å². The molecule has 2 aromatic heterocycles. The van der Waals surface area contributed by atoms with E-state index in [-0.39, 0.29) is 0 Å². The molecule has 10 aromatic rings. The summed E-state index contributed by atoms with van der Waals surface area (Å²) in [6, 6.07) is 67.5. The highest BCUT2D eigenvalue weighted by molar-refractivity contribution is 6.17. The largest absolute Gasteiger partial charge is 0.337 e.